The fraction of sp³-hybridized carbons (Fsp3) is 0.385. The lowest BCUT2D eigenvalue weighted by Gasteiger charge is -2.31. The summed E-state index contributed by atoms with van der Waals surface area (Å²) in [6.45, 7) is 0.292. The van der Waals surface area contributed by atoms with Crippen LogP contribution in [-0.2, 0) is 9.53 Å². The zero-order chi connectivity index (χ0) is 17.0. The molecule has 1 atom stereocenters. The predicted molar refractivity (Wildman–Crippen MR) is 77.9 cm³/mol. The smallest absolute Gasteiger partial charge is 0.367 e. The highest BCUT2D eigenvalue weighted by Gasteiger charge is 2.31. The molecule has 0 aromatic heterocycles. The van der Waals surface area contributed by atoms with Crippen molar-refractivity contribution in [3.8, 4) is 0 Å². The Morgan fingerprint density at radius 2 is 2.04 bits per heavy atom. The number of halogens is 3. The van der Waals surface area contributed by atoms with E-state index in [-0.39, 0.29) is 42.0 Å². The molecule has 0 bridgehead atoms. The number of benzene rings is 1. The molecule has 1 saturated heterocycles. The zero-order valence-corrected chi connectivity index (χ0v) is 12.6. The standard InChI is InChI=1S/C13H14F3N3O3S/c14-13(15,16)23-10-4-2-1-3-8(10)18-12(21)19-5-6-22-9(7-19)11(17)20/h1-4,9H,5-7H2,(H2,17,20)(H,18,21)/t9-/m0/s1. The molecule has 0 spiro atoms. The summed E-state index contributed by atoms with van der Waals surface area (Å²) in [4.78, 5) is 24.4. The minimum absolute atomic E-state index is 0.0435. The van der Waals surface area contributed by atoms with Crippen LogP contribution in [0.5, 0.6) is 0 Å². The summed E-state index contributed by atoms with van der Waals surface area (Å²) in [5.41, 5.74) is 0.707. The first-order valence-electron chi connectivity index (χ1n) is 6.58. The average Bonchev–Trinajstić information content (AvgIpc) is 2.48. The van der Waals surface area contributed by atoms with E-state index in [4.69, 9.17) is 10.5 Å². The van der Waals surface area contributed by atoms with Gasteiger partial charge >= 0.3 is 11.5 Å². The Morgan fingerprint density at radius 1 is 1.35 bits per heavy atom. The van der Waals surface area contributed by atoms with Gasteiger partial charge in [-0.1, -0.05) is 12.1 Å². The number of nitrogens with two attached hydrogens (primary N) is 1. The molecule has 0 aliphatic carbocycles. The Kier molecular flexibility index (Phi) is 5.37. The van der Waals surface area contributed by atoms with Crippen molar-refractivity contribution < 1.29 is 27.5 Å². The van der Waals surface area contributed by atoms with Crippen molar-refractivity contribution in [1.82, 2.24) is 4.90 Å². The molecule has 3 N–H and O–H groups in total. The third kappa shape index (κ3) is 5.03. The Hall–Kier alpha value is -1.94. The molecule has 0 saturated carbocycles. The summed E-state index contributed by atoms with van der Waals surface area (Å²) in [7, 11) is 0. The van der Waals surface area contributed by atoms with Crippen molar-refractivity contribution in [2.75, 3.05) is 25.0 Å². The van der Waals surface area contributed by atoms with Gasteiger partial charge in [0.1, 0.15) is 0 Å². The number of anilines is 1. The zero-order valence-electron chi connectivity index (χ0n) is 11.8. The van der Waals surface area contributed by atoms with E-state index in [0.717, 1.165) is 0 Å². The fourth-order valence-electron chi connectivity index (χ4n) is 1.98. The van der Waals surface area contributed by atoms with E-state index >= 15 is 0 Å². The summed E-state index contributed by atoms with van der Waals surface area (Å²) in [6, 6.07) is 4.98. The molecule has 0 unspecified atom stereocenters. The normalized spacial score (nSPS) is 18.6. The quantitative estimate of drug-likeness (QED) is 0.818. The molecule has 0 radical (unpaired) electrons. The van der Waals surface area contributed by atoms with Crippen LogP contribution in [0.4, 0.5) is 23.7 Å². The molecule has 6 nitrogen and oxygen atoms in total. The topological polar surface area (TPSA) is 84.7 Å². The summed E-state index contributed by atoms with van der Waals surface area (Å²) >= 11 is -0.311. The van der Waals surface area contributed by atoms with Crippen LogP contribution >= 0.6 is 11.8 Å². The fourth-order valence-corrected chi connectivity index (χ4v) is 2.61. The third-order valence-corrected chi connectivity index (χ3v) is 3.83. The maximum Gasteiger partial charge on any atom is 0.446 e. The highest BCUT2D eigenvalue weighted by atomic mass is 32.2. The van der Waals surface area contributed by atoms with Crippen molar-refractivity contribution >= 4 is 29.4 Å². The second-order valence-electron chi connectivity index (χ2n) is 4.68. The van der Waals surface area contributed by atoms with Crippen molar-refractivity contribution in [2.45, 2.75) is 16.5 Å². The number of hydrogen-bond acceptors (Lipinski definition) is 4. The van der Waals surface area contributed by atoms with Gasteiger partial charge < -0.3 is 20.7 Å². The average molecular weight is 349 g/mol. The summed E-state index contributed by atoms with van der Waals surface area (Å²) in [5, 5.41) is 2.42. The summed E-state index contributed by atoms with van der Waals surface area (Å²) < 4.78 is 42.7. The van der Waals surface area contributed by atoms with E-state index in [0.29, 0.717) is 0 Å². The van der Waals surface area contributed by atoms with Crippen LogP contribution < -0.4 is 11.1 Å². The number of carbonyl (C=O) groups excluding carboxylic acids is 2. The minimum Gasteiger partial charge on any atom is -0.367 e. The molecule has 23 heavy (non-hydrogen) atoms. The van der Waals surface area contributed by atoms with Gasteiger partial charge in [0.2, 0.25) is 5.91 Å². The van der Waals surface area contributed by atoms with Crippen LogP contribution in [0.1, 0.15) is 0 Å². The predicted octanol–water partition coefficient (Wildman–Crippen LogP) is 2.02. The molecule has 1 heterocycles. The molecule has 1 fully saturated rings. The second kappa shape index (κ2) is 7.09. The van der Waals surface area contributed by atoms with E-state index in [2.05, 4.69) is 5.32 Å². The van der Waals surface area contributed by atoms with Crippen molar-refractivity contribution in [2.24, 2.45) is 5.73 Å². The van der Waals surface area contributed by atoms with E-state index < -0.39 is 23.6 Å². The van der Waals surface area contributed by atoms with E-state index in [1.807, 2.05) is 0 Å². The lowest BCUT2D eigenvalue weighted by atomic mass is 10.2. The van der Waals surface area contributed by atoms with Crippen LogP contribution in [0.15, 0.2) is 29.2 Å². The number of nitrogens with one attached hydrogen (secondary N) is 1. The van der Waals surface area contributed by atoms with Gasteiger partial charge in [-0.3, -0.25) is 4.79 Å². The van der Waals surface area contributed by atoms with Crippen molar-refractivity contribution in [3.63, 3.8) is 0 Å². The molecule has 126 valence electrons. The van der Waals surface area contributed by atoms with Gasteiger partial charge in [0.25, 0.3) is 0 Å². The molecule has 1 aliphatic rings. The number of para-hydroxylation sites is 1. The number of urea groups is 1. The highest BCUT2D eigenvalue weighted by Crippen LogP contribution is 2.40. The number of rotatable bonds is 3. The number of carbonyl (C=O) groups is 2. The number of morpholine rings is 1. The van der Waals surface area contributed by atoms with Crippen molar-refractivity contribution in [1.29, 1.82) is 0 Å². The number of ether oxygens (including phenoxy) is 1. The largest absolute Gasteiger partial charge is 0.446 e. The SMILES string of the molecule is NC(=O)[C@@H]1CN(C(=O)Nc2ccccc2SC(F)(F)F)CCO1. The Morgan fingerprint density at radius 3 is 2.70 bits per heavy atom. The number of nitrogens with zero attached hydrogens (tertiary/aromatic N) is 1. The molecule has 10 heteroatoms. The van der Waals surface area contributed by atoms with Crippen LogP contribution in [0, 0.1) is 0 Å². The van der Waals surface area contributed by atoms with Crippen LogP contribution in [0.25, 0.3) is 0 Å². The van der Waals surface area contributed by atoms with Crippen molar-refractivity contribution in [3.05, 3.63) is 24.3 Å². The summed E-state index contributed by atoms with van der Waals surface area (Å²) in [6.07, 6.45) is -0.922. The van der Waals surface area contributed by atoms with Gasteiger partial charge in [-0.15, -0.1) is 0 Å². The Bertz CT molecular complexity index is 597. The molecule has 1 aliphatic heterocycles. The number of amides is 3. The van der Waals surface area contributed by atoms with E-state index in [1.165, 1.54) is 29.2 Å². The lowest BCUT2D eigenvalue weighted by molar-refractivity contribution is -0.133. The number of primary amides is 1. The van der Waals surface area contributed by atoms with Gasteiger partial charge in [0.05, 0.1) is 18.8 Å². The number of alkyl halides is 3. The molecule has 3 amide bonds. The summed E-state index contributed by atoms with van der Waals surface area (Å²) in [5.74, 6) is -0.699. The van der Waals surface area contributed by atoms with Gasteiger partial charge in [-0.05, 0) is 23.9 Å². The second-order valence-corrected chi connectivity index (χ2v) is 5.79. The monoisotopic (exact) mass is 349 g/mol. The Labute approximate surface area is 134 Å². The van der Waals surface area contributed by atoms with Gasteiger partial charge in [0.15, 0.2) is 6.10 Å². The van der Waals surface area contributed by atoms with Gasteiger partial charge in [0, 0.05) is 11.4 Å². The molecule has 1 aromatic rings. The first kappa shape index (κ1) is 17.4. The maximum absolute atomic E-state index is 12.5. The van der Waals surface area contributed by atoms with E-state index in [9.17, 15) is 22.8 Å². The number of hydrogen-bond donors (Lipinski definition) is 2. The number of thioether (sulfide) groups is 1. The third-order valence-electron chi connectivity index (χ3n) is 3.03. The Balaban J connectivity index is 2.07. The molecular formula is C13H14F3N3O3S. The van der Waals surface area contributed by atoms with Crippen LogP contribution in [-0.4, -0.2) is 48.1 Å². The van der Waals surface area contributed by atoms with Gasteiger partial charge in [-0.25, -0.2) is 4.79 Å². The maximum atomic E-state index is 12.5. The van der Waals surface area contributed by atoms with Crippen LogP contribution in [0.3, 0.4) is 0 Å². The first-order valence-corrected chi connectivity index (χ1v) is 7.39. The molecule has 2 rings (SSSR count). The lowest BCUT2D eigenvalue weighted by Crippen LogP contribution is -2.51. The van der Waals surface area contributed by atoms with E-state index in [1.54, 1.807) is 0 Å². The van der Waals surface area contributed by atoms with Crippen LogP contribution in [0.2, 0.25) is 0 Å². The minimum atomic E-state index is -4.46. The molecular weight excluding hydrogens is 335 g/mol. The highest BCUT2D eigenvalue weighted by molar-refractivity contribution is 8.00. The van der Waals surface area contributed by atoms with Gasteiger partial charge in [-0.2, -0.15) is 13.2 Å². The first-order chi connectivity index (χ1) is 10.8. The molecule has 1 aromatic carbocycles.